The average Bonchev–Trinajstić information content (AvgIpc) is 2.18. The van der Waals surface area contributed by atoms with Gasteiger partial charge in [0.2, 0.25) is 0 Å². The third-order valence-electron chi connectivity index (χ3n) is 2.54. The number of hydrogen-bond donors (Lipinski definition) is 2. The van der Waals surface area contributed by atoms with Crippen LogP contribution in [0, 0.1) is 5.92 Å². The summed E-state index contributed by atoms with van der Waals surface area (Å²) in [6.45, 7) is 6.24. The lowest BCUT2D eigenvalue weighted by Crippen LogP contribution is -2.22. The first kappa shape index (κ1) is 11.6. The number of para-hydroxylation sites is 1. The van der Waals surface area contributed by atoms with Gasteiger partial charge in [-0.2, -0.15) is 0 Å². The number of nitrogens with one attached hydrogen (secondary N) is 1. The number of hydrogen-bond acceptors (Lipinski definition) is 2. The Hall–Kier alpha value is -1.51. The summed E-state index contributed by atoms with van der Waals surface area (Å²) in [7, 11) is 0. The Balaban J connectivity index is 2.89. The molecule has 0 radical (unpaired) electrons. The van der Waals surface area contributed by atoms with Crippen LogP contribution in [-0.2, 0) is 0 Å². The van der Waals surface area contributed by atoms with Gasteiger partial charge in [0.05, 0.1) is 5.56 Å². The molecule has 0 aliphatic heterocycles. The van der Waals surface area contributed by atoms with E-state index in [0.29, 0.717) is 17.2 Å². The molecule has 82 valence electrons. The van der Waals surface area contributed by atoms with Crippen LogP contribution >= 0.6 is 0 Å². The second-order valence-electron chi connectivity index (χ2n) is 4.03. The summed E-state index contributed by atoms with van der Waals surface area (Å²) in [4.78, 5) is 10.9. The molecule has 0 aliphatic rings. The molecule has 0 saturated heterocycles. The van der Waals surface area contributed by atoms with Crippen LogP contribution in [0.25, 0.3) is 0 Å². The highest BCUT2D eigenvalue weighted by Crippen LogP contribution is 2.17. The van der Waals surface area contributed by atoms with Gasteiger partial charge in [-0.05, 0) is 25.0 Å². The van der Waals surface area contributed by atoms with Gasteiger partial charge in [0.15, 0.2) is 0 Å². The van der Waals surface area contributed by atoms with Gasteiger partial charge in [0.1, 0.15) is 0 Å². The van der Waals surface area contributed by atoms with E-state index in [1.54, 1.807) is 18.2 Å². The maximum atomic E-state index is 10.9. The lowest BCUT2D eigenvalue weighted by Gasteiger charge is -2.19. The third kappa shape index (κ3) is 2.98. The molecule has 3 heteroatoms. The van der Waals surface area contributed by atoms with E-state index in [2.05, 4.69) is 19.2 Å². The predicted molar refractivity (Wildman–Crippen MR) is 61.3 cm³/mol. The SMILES string of the molecule is CC(C)[C@@H](C)Nc1ccccc1C(=O)O. The summed E-state index contributed by atoms with van der Waals surface area (Å²) in [6, 6.07) is 7.22. The van der Waals surface area contributed by atoms with Gasteiger partial charge in [0.25, 0.3) is 0 Å². The van der Waals surface area contributed by atoms with Gasteiger partial charge in [-0.1, -0.05) is 26.0 Å². The lowest BCUT2D eigenvalue weighted by atomic mass is 10.1. The second kappa shape index (κ2) is 4.82. The van der Waals surface area contributed by atoms with E-state index in [-0.39, 0.29) is 6.04 Å². The smallest absolute Gasteiger partial charge is 0.337 e. The summed E-state index contributed by atoms with van der Waals surface area (Å²) in [5.74, 6) is -0.430. The van der Waals surface area contributed by atoms with E-state index in [9.17, 15) is 4.79 Å². The van der Waals surface area contributed by atoms with Crippen LogP contribution < -0.4 is 5.32 Å². The van der Waals surface area contributed by atoms with Crippen molar-refractivity contribution >= 4 is 11.7 Å². The second-order valence-corrected chi connectivity index (χ2v) is 4.03. The first-order chi connectivity index (χ1) is 7.02. The number of carboxylic acids is 1. The molecular formula is C12H17NO2. The maximum absolute atomic E-state index is 10.9. The minimum atomic E-state index is -0.894. The van der Waals surface area contributed by atoms with Gasteiger partial charge >= 0.3 is 5.97 Å². The Bertz CT molecular complexity index is 347. The van der Waals surface area contributed by atoms with Crippen molar-refractivity contribution in [1.82, 2.24) is 0 Å². The minimum absolute atomic E-state index is 0.255. The Kier molecular flexibility index (Phi) is 3.72. The molecule has 0 unspecified atom stereocenters. The number of carboxylic acid groups (broad SMARTS) is 1. The molecule has 0 saturated carbocycles. The van der Waals surface area contributed by atoms with E-state index < -0.39 is 5.97 Å². The number of benzene rings is 1. The fraction of sp³-hybridized carbons (Fsp3) is 0.417. The quantitative estimate of drug-likeness (QED) is 0.798. The van der Waals surface area contributed by atoms with Crippen molar-refractivity contribution in [3.63, 3.8) is 0 Å². The van der Waals surface area contributed by atoms with Crippen molar-refractivity contribution in [1.29, 1.82) is 0 Å². The molecule has 15 heavy (non-hydrogen) atoms. The largest absolute Gasteiger partial charge is 0.478 e. The Morgan fingerprint density at radius 2 is 1.87 bits per heavy atom. The standard InChI is InChI=1S/C12H17NO2/c1-8(2)9(3)13-11-7-5-4-6-10(11)12(14)15/h4-9,13H,1-3H3,(H,14,15)/t9-/m1/s1. The molecule has 3 nitrogen and oxygen atoms in total. The van der Waals surface area contributed by atoms with Gasteiger partial charge in [-0.3, -0.25) is 0 Å². The van der Waals surface area contributed by atoms with Gasteiger partial charge < -0.3 is 10.4 Å². The first-order valence-electron chi connectivity index (χ1n) is 5.11. The summed E-state index contributed by atoms with van der Waals surface area (Å²) in [6.07, 6.45) is 0. The Labute approximate surface area is 90.1 Å². The van der Waals surface area contributed by atoms with Crippen molar-refractivity contribution < 1.29 is 9.90 Å². The van der Waals surface area contributed by atoms with E-state index in [1.807, 2.05) is 13.0 Å². The molecule has 0 aliphatic carbocycles. The van der Waals surface area contributed by atoms with Crippen molar-refractivity contribution in [2.45, 2.75) is 26.8 Å². The summed E-state index contributed by atoms with van der Waals surface area (Å²) >= 11 is 0. The number of rotatable bonds is 4. The molecule has 0 fully saturated rings. The normalized spacial score (nSPS) is 12.5. The zero-order chi connectivity index (χ0) is 11.4. The van der Waals surface area contributed by atoms with Gasteiger partial charge in [-0.15, -0.1) is 0 Å². The number of carbonyl (C=O) groups is 1. The molecule has 0 amide bonds. The van der Waals surface area contributed by atoms with Crippen LogP contribution in [-0.4, -0.2) is 17.1 Å². The van der Waals surface area contributed by atoms with Crippen molar-refractivity contribution in [2.75, 3.05) is 5.32 Å². The Morgan fingerprint density at radius 3 is 2.40 bits per heavy atom. The predicted octanol–water partition coefficient (Wildman–Crippen LogP) is 2.84. The van der Waals surface area contributed by atoms with Crippen LogP contribution in [0.2, 0.25) is 0 Å². The molecule has 0 heterocycles. The van der Waals surface area contributed by atoms with E-state index in [1.165, 1.54) is 0 Å². The van der Waals surface area contributed by atoms with Crippen LogP contribution in [0.5, 0.6) is 0 Å². The van der Waals surface area contributed by atoms with Crippen molar-refractivity contribution in [3.8, 4) is 0 Å². The molecule has 1 aromatic rings. The average molecular weight is 207 g/mol. The van der Waals surface area contributed by atoms with E-state index in [4.69, 9.17) is 5.11 Å². The molecule has 1 aromatic carbocycles. The van der Waals surface area contributed by atoms with Crippen molar-refractivity contribution in [3.05, 3.63) is 29.8 Å². The van der Waals surface area contributed by atoms with Crippen molar-refractivity contribution in [2.24, 2.45) is 5.92 Å². The van der Waals surface area contributed by atoms with E-state index >= 15 is 0 Å². The molecule has 0 aromatic heterocycles. The number of aromatic carboxylic acids is 1. The summed E-state index contributed by atoms with van der Waals surface area (Å²) in [5.41, 5.74) is 1.01. The highest BCUT2D eigenvalue weighted by Gasteiger charge is 2.12. The monoisotopic (exact) mass is 207 g/mol. The van der Waals surface area contributed by atoms with E-state index in [0.717, 1.165) is 0 Å². The highest BCUT2D eigenvalue weighted by atomic mass is 16.4. The molecule has 2 N–H and O–H groups in total. The van der Waals surface area contributed by atoms with Crippen LogP contribution in [0.3, 0.4) is 0 Å². The molecule has 0 spiro atoms. The zero-order valence-electron chi connectivity index (χ0n) is 9.32. The lowest BCUT2D eigenvalue weighted by molar-refractivity contribution is 0.0698. The third-order valence-corrected chi connectivity index (χ3v) is 2.54. The fourth-order valence-corrected chi connectivity index (χ4v) is 1.21. The van der Waals surface area contributed by atoms with Gasteiger partial charge in [0, 0.05) is 11.7 Å². The minimum Gasteiger partial charge on any atom is -0.478 e. The van der Waals surface area contributed by atoms with Crippen LogP contribution in [0.15, 0.2) is 24.3 Å². The number of anilines is 1. The molecule has 1 atom stereocenters. The summed E-state index contributed by atoms with van der Waals surface area (Å²) in [5, 5.41) is 12.2. The van der Waals surface area contributed by atoms with Crippen LogP contribution in [0.4, 0.5) is 5.69 Å². The fourth-order valence-electron chi connectivity index (χ4n) is 1.21. The molecule has 1 rings (SSSR count). The first-order valence-corrected chi connectivity index (χ1v) is 5.11. The Morgan fingerprint density at radius 1 is 1.27 bits per heavy atom. The molecular weight excluding hydrogens is 190 g/mol. The van der Waals surface area contributed by atoms with Gasteiger partial charge in [-0.25, -0.2) is 4.79 Å². The zero-order valence-corrected chi connectivity index (χ0v) is 9.32. The highest BCUT2D eigenvalue weighted by molar-refractivity contribution is 5.94. The topological polar surface area (TPSA) is 49.3 Å². The van der Waals surface area contributed by atoms with Crippen LogP contribution in [0.1, 0.15) is 31.1 Å². The maximum Gasteiger partial charge on any atom is 0.337 e. The molecule has 0 bridgehead atoms. The summed E-state index contributed by atoms with van der Waals surface area (Å²) < 4.78 is 0.